The maximum Gasteiger partial charge on any atom is 0.307 e. The number of amides is 1. The number of aryl methyl sites for hydroxylation is 1. The number of carbonyl (C=O) groups is 2. The molecule has 1 spiro atoms. The standard InChI is InChI=1S/C18H18FNO4/c1-10-12-8-11(19)2-3-14(12)24-15(10)16(21)20-6-4-18(5-7-20)9-13(18)17(22)23/h2-3,8,13H,4-7,9H2,1H3,(H,22,23). The zero-order valence-electron chi connectivity index (χ0n) is 13.3. The Morgan fingerprint density at radius 2 is 2.04 bits per heavy atom. The summed E-state index contributed by atoms with van der Waals surface area (Å²) in [5, 5.41) is 9.75. The van der Waals surface area contributed by atoms with Crippen LogP contribution in [-0.2, 0) is 4.79 Å². The summed E-state index contributed by atoms with van der Waals surface area (Å²) in [5.41, 5.74) is 1.03. The first-order valence-electron chi connectivity index (χ1n) is 8.12. The number of piperidine rings is 1. The van der Waals surface area contributed by atoms with Gasteiger partial charge in [-0.2, -0.15) is 0 Å². The average molecular weight is 331 g/mol. The summed E-state index contributed by atoms with van der Waals surface area (Å²) < 4.78 is 19.0. The molecule has 0 bridgehead atoms. The number of hydrogen-bond donors (Lipinski definition) is 1. The van der Waals surface area contributed by atoms with Crippen molar-refractivity contribution in [2.24, 2.45) is 11.3 Å². The third kappa shape index (κ3) is 2.20. The molecule has 2 aliphatic rings. The van der Waals surface area contributed by atoms with E-state index in [1.54, 1.807) is 11.8 Å². The first-order valence-corrected chi connectivity index (χ1v) is 8.12. The zero-order valence-corrected chi connectivity index (χ0v) is 13.3. The molecule has 4 rings (SSSR count). The van der Waals surface area contributed by atoms with Crippen LogP contribution in [0.3, 0.4) is 0 Å². The van der Waals surface area contributed by atoms with Crippen molar-refractivity contribution in [3.8, 4) is 0 Å². The molecule has 1 aromatic heterocycles. The molecular formula is C18H18FNO4. The second-order valence-electron chi connectivity index (χ2n) is 6.95. The highest BCUT2D eigenvalue weighted by Crippen LogP contribution is 2.59. The van der Waals surface area contributed by atoms with Crippen LogP contribution in [0.2, 0.25) is 0 Å². The van der Waals surface area contributed by atoms with E-state index in [0.29, 0.717) is 48.9 Å². The van der Waals surface area contributed by atoms with Crippen molar-refractivity contribution >= 4 is 22.8 Å². The smallest absolute Gasteiger partial charge is 0.307 e. The van der Waals surface area contributed by atoms with E-state index in [1.165, 1.54) is 18.2 Å². The van der Waals surface area contributed by atoms with Crippen LogP contribution in [0.5, 0.6) is 0 Å². The van der Waals surface area contributed by atoms with Gasteiger partial charge in [0.1, 0.15) is 11.4 Å². The molecule has 24 heavy (non-hydrogen) atoms. The number of carbonyl (C=O) groups excluding carboxylic acids is 1. The molecule has 1 aromatic carbocycles. The van der Waals surface area contributed by atoms with Gasteiger partial charge in [-0.05, 0) is 49.8 Å². The number of rotatable bonds is 2. The molecule has 126 valence electrons. The lowest BCUT2D eigenvalue weighted by atomic mass is 9.90. The van der Waals surface area contributed by atoms with Gasteiger partial charge in [-0.15, -0.1) is 0 Å². The highest BCUT2D eigenvalue weighted by atomic mass is 19.1. The highest BCUT2D eigenvalue weighted by molar-refractivity contribution is 5.99. The van der Waals surface area contributed by atoms with Gasteiger partial charge in [0, 0.05) is 24.0 Å². The second kappa shape index (κ2) is 5.06. The highest BCUT2D eigenvalue weighted by Gasteiger charge is 2.59. The predicted molar refractivity (Wildman–Crippen MR) is 84.2 cm³/mol. The van der Waals surface area contributed by atoms with Gasteiger partial charge in [-0.3, -0.25) is 9.59 Å². The predicted octanol–water partition coefficient (Wildman–Crippen LogP) is 3.21. The molecule has 2 heterocycles. The van der Waals surface area contributed by atoms with Crippen molar-refractivity contribution in [1.29, 1.82) is 0 Å². The van der Waals surface area contributed by atoms with Gasteiger partial charge in [0.15, 0.2) is 5.76 Å². The molecule has 1 saturated carbocycles. The van der Waals surface area contributed by atoms with E-state index < -0.39 is 5.97 Å². The van der Waals surface area contributed by atoms with E-state index in [1.807, 2.05) is 0 Å². The summed E-state index contributed by atoms with van der Waals surface area (Å²) in [6, 6.07) is 4.21. The minimum Gasteiger partial charge on any atom is -0.481 e. The number of halogens is 1. The summed E-state index contributed by atoms with van der Waals surface area (Å²) in [6.07, 6.45) is 2.14. The topological polar surface area (TPSA) is 70.8 Å². The van der Waals surface area contributed by atoms with Crippen LogP contribution in [0.1, 0.15) is 35.4 Å². The summed E-state index contributed by atoms with van der Waals surface area (Å²) in [5.74, 6) is -1.31. The van der Waals surface area contributed by atoms with Gasteiger partial charge in [0.2, 0.25) is 0 Å². The zero-order chi connectivity index (χ0) is 17.1. The van der Waals surface area contributed by atoms with Crippen LogP contribution in [0, 0.1) is 24.1 Å². The van der Waals surface area contributed by atoms with Gasteiger partial charge >= 0.3 is 5.97 Å². The molecular weight excluding hydrogens is 313 g/mol. The van der Waals surface area contributed by atoms with E-state index in [9.17, 15) is 14.0 Å². The van der Waals surface area contributed by atoms with Crippen LogP contribution >= 0.6 is 0 Å². The third-order valence-electron chi connectivity index (χ3n) is 5.63. The molecule has 1 saturated heterocycles. The van der Waals surface area contributed by atoms with Crippen LogP contribution in [-0.4, -0.2) is 35.0 Å². The van der Waals surface area contributed by atoms with Crippen molar-refractivity contribution in [3.05, 3.63) is 35.3 Å². The molecule has 2 fully saturated rings. The van der Waals surface area contributed by atoms with E-state index in [4.69, 9.17) is 9.52 Å². The van der Waals surface area contributed by atoms with E-state index in [-0.39, 0.29) is 28.8 Å². The monoisotopic (exact) mass is 331 g/mol. The fraction of sp³-hybridized carbons (Fsp3) is 0.444. The molecule has 2 aromatic rings. The minimum absolute atomic E-state index is 0.116. The number of aliphatic carboxylic acids is 1. The Morgan fingerprint density at radius 3 is 2.67 bits per heavy atom. The number of fused-ring (bicyclic) bond motifs is 1. The lowest BCUT2D eigenvalue weighted by molar-refractivity contribution is -0.139. The maximum atomic E-state index is 13.4. The van der Waals surface area contributed by atoms with Gasteiger partial charge < -0.3 is 14.4 Å². The van der Waals surface area contributed by atoms with Crippen molar-refractivity contribution in [2.45, 2.75) is 26.2 Å². The molecule has 1 aliphatic heterocycles. The molecule has 1 amide bonds. The Morgan fingerprint density at radius 1 is 1.33 bits per heavy atom. The van der Waals surface area contributed by atoms with E-state index in [0.717, 1.165) is 0 Å². The van der Waals surface area contributed by atoms with Crippen LogP contribution < -0.4 is 0 Å². The number of hydrogen-bond acceptors (Lipinski definition) is 3. The van der Waals surface area contributed by atoms with Crippen molar-refractivity contribution in [2.75, 3.05) is 13.1 Å². The number of carboxylic acids is 1. The molecule has 1 aliphatic carbocycles. The Balaban J connectivity index is 1.53. The minimum atomic E-state index is -0.732. The summed E-state index contributed by atoms with van der Waals surface area (Å²) in [7, 11) is 0. The van der Waals surface area contributed by atoms with E-state index >= 15 is 0 Å². The first-order chi connectivity index (χ1) is 11.4. The van der Waals surface area contributed by atoms with Crippen molar-refractivity contribution in [1.82, 2.24) is 4.90 Å². The Kier molecular flexibility index (Phi) is 3.20. The summed E-state index contributed by atoms with van der Waals surface area (Å²) in [4.78, 5) is 25.6. The number of carboxylic acid groups (broad SMARTS) is 1. The molecule has 1 N–H and O–H groups in total. The number of benzene rings is 1. The van der Waals surface area contributed by atoms with Gasteiger partial charge in [0.05, 0.1) is 5.92 Å². The molecule has 1 unspecified atom stereocenters. The largest absolute Gasteiger partial charge is 0.481 e. The van der Waals surface area contributed by atoms with Crippen molar-refractivity contribution < 1.29 is 23.5 Å². The average Bonchev–Trinajstić information content (AvgIpc) is 3.17. The molecule has 1 atom stereocenters. The second-order valence-corrected chi connectivity index (χ2v) is 6.95. The first kappa shape index (κ1) is 15.2. The molecule has 6 heteroatoms. The van der Waals surface area contributed by atoms with Crippen LogP contribution in [0.15, 0.2) is 22.6 Å². The molecule has 0 radical (unpaired) electrons. The molecule has 5 nitrogen and oxygen atoms in total. The number of nitrogens with zero attached hydrogens (tertiary/aromatic N) is 1. The summed E-state index contributed by atoms with van der Waals surface area (Å²) in [6.45, 7) is 2.83. The Hall–Kier alpha value is -2.37. The van der Waals surface area contributed by atoms with Gasteiger partial charge in [0.25, 0.3) is 5.91 Å². The van der Waals surface area contributed by atoms with E-state index in [2.05, 4.69) is 0 Å². The third-order valence-corrected chi connectivity index (χ3v) is 5.63. The normalized spacial score (nSPS) is 22.1. The fourth-order valence-electron chi connectivity index (χ4n) is 3.95. The van der Waals surface area contributed by atoms with Gasteiger partial charge in [-0.1, -0.05) is 0 Å². The Labute approximate surface area is 138 Å². The Bertz CT molecular complexity index is 848. The van der Waals surface area contributed by atoms with Crippen molar-refractivity contribution in [3.63, 3.8) is 0 Å². The van der Waals surface area contributed by atoms with Crippen LogP contribution in [0.4, 0.5) is 4.39 Å². The van der Waals surface area contributed by atoms with Crippen LogP contribution in [0.25, 0.3) is 11.0 Å². The lowest BCUT2D eigenvalue weighted by Gasteiger charge is -2.32. The quantitative estimate of drug-likeness (QED) is 0.917. The fourth-order valence-corrected chi connectivity index (χ4v) is 3.95. The number of furan rings is 1. The number of likely N-dealkylation sites (tertiary alicyclic amines) is 1. The SMILES string of the molecule is Cc1c(C(=O)N2CCC3(CC2)CC3C(=O)O)oc2ccc(F)cc12. The summed E-state index contributed by atoms with van der Waals surface area (Å²) >= 11 is 0. The lowest BCUT2D eigenvalue weighted by Crippen LogP contribution is -2.40. The van der Waals surface area contributed by atoms with Gasteiger partial charge in [-0.25, -0.2) is 4.39 Å². The maximum absolute atomic E-state index is 13.4.